The van der Waals surface area contributed by atoms with Crippen molar-refractivity contribution in [3.8, 4) is 0 Å². The van der Waals surface area contributed by atoms with Crippen LogP contribution in [0.1, 0.15) is 39.0 Å². The van der Waals surface area contributed by atoms with Crippen LogP contribution in [0.3, 0.4) is 0 Å². The zero-order chi connectivity index (χ0) is 20.1. The molecule has 0 aliphatic carbocycles. The molecule has 0 radical (unpaired) electrons. The maximum atomic E-state index is 5.66. The molecule has 3 aliphatic heterocycles. The molecule has 29 heavy (non-hydrogen) atoms. The van der Waals surface area contributed by atoms with E-state index in [2.05, 4.69) is 33.4 Å². The highest BCUT2D eigenvalue weighted by Gasteiger charge is 2.23. The normalized spacial score (nSPS) is 25.1. The van der Waals surface area contributed by atoms with E-state index in [-0.39, 0.29) is 6.10 Å². The van der Waals surface area contributed by atoms with Crippen molar-refractivity contribution >= 4 is 34.9 Å². The van der Waals surface area contributed by atoms with Gasteiger partial charge in [0, 0.05) is 44.9 Å². The van der Waals surface area contributed by atoms with Gasteiger partial charge in [-0.25, -0.2) is 0 Å². The van der Waals surface area contributed by atoms with E-state index in [9.17, 15) is 0 Å². The third-order valence-electron chi connectivity index (χ3n) is 5.87. The van der Waals surface area contributed by atoms with Gasteiger partial charge in [0.05, 0.1) is 19.3 Å². The van der Waals surface area contributed by atoms with Crippen molar-refractivity contribution in [3.05, 3.63) is 6.07 Å². The topological polar surface area (TPSA) is 74.8 Å². The number of rotatable bonds is 5. The lowest BCUT2D eigenvalue weighted by Crippen LogP contribution is -2.40. The first-order valence-corrected chi connectivity index (χ1v) is 11.2. The van der Waals surface area contributed by atoms with E-state index in [4.69, 9.17) is 31.7 Å². The summed E-state index contributed by atoms with van der Waals surface area (Å²) < 4.78 is 11.2. The van der Waals surface area contributed by atoms with E-state index in [1.807, 2.05) is 0 Å². The molecule has 0 aromatic carbocycles. The zero-order valence-electron chi connectivity index (χ0n) is 17.2. The Labute approximate surface area is 178 Å². The maximum absolute atomic E-state index is 5.66. The number of anilines is 3. The highest BCUT2D eigenvalue weighted by Crippen LogP contribution is 2.27. The first-order chi connectivity index (χ1) is 14.2. The number of hydrogen-bond acceptors (Lipinski definition) is 7. The second-order valence-electron chi connectivity index (χ2n) is 8.02. The summed E-state index contributed by atoms with van der Waals surface area (Å²) >= 11 is 5.49. The van der Waals surface area contributed by atoms with E-state index in [1.165, 1.54) is 19.3 Å². The molecule has 3 fully saturated rings. The number of nitrogens with one attached hydrogen (secondary N) is 2. The molecule has 0 spiro atoms. The fourth-order valence-electron chi connectivity index (χ4n) is 4.18. The highest BCUT2D eigenvalue weighted by molar-refractivity contribution is 7.80. The monoisotopic (exact) mass is 420 g/mol. The molecule has 1 aromatic heterocycles. The van der Waals surface area contributed by atoms with Gasteiger partial charge in [0.2, 0.25) is 5.95 Å². The van der Waals surface area contributed by atoms with Crippen molar-refractivity contribution in [2.24, 2.45) is 0 Å². The largest absolute Gasteiger partial charge is 0.378 e. The van der Waals surface area contributed by atoms with E-state index >= 15 is 0 Å². The van der Waals surface area contributed by atoms with Crippen LogP contribution in [0, 0.1) is 0 Å². The lowest BCUT2D eigenvalue weighted by Gasteiger charge is -2.35. The molecule has 8 nitrogen and oxygen atoms in total. The Bertz CT molecular complexity index is 694. The number of piperidine rings is 1. The van der Waals surface area contributed by atoms with Crippen molar-refractivity contribution in [2.75, 3.05) is 61.1 Å². The van der Waals surface area contributed by atoms with E-state index < -0.39 is 0 Å². The highest BCUT2D eigenvalue weighted by atomic mass is 32.1. The molecule has 1 aromatic rings. The molecule has 0 saturated carbocycles. The molecule has 9 heteroatoms. The second kappa shape index (κ2) is 9.86. The van der Waals surface area contributed by atoms with E-state index in [0.29, 0.717) is 23.6 Å². The van der Waals surface area contributed by atoms with Crippen LogP contribution in [-0.2, 0) is 9.47 Å². The first-order valence-electron chi connectivity index (χ1n) is 10.8. The fraction of sp³-hybridized carbons (Fsp3) is 0.750. The molecule has 0 unspecified atom stereocenters. The van der Waals surface area contributed by atoms with Gasteiger partial charge in [-0.2, -0.15) is 9.97 Å². The number of aromatic nitrogens is 2. The van der Waals surface area contributed by atoms with Gasteiger partial charge in [-0.3, -0.25) is 0 Å². The Balaban J connectivity index is 1.49. The van der Waals surface area contributed by atoms with Gasteiger partial charge in [-0.15, -0.1) is 0 Å². The van der Waals surface area contributed by atoms with E-state index in [1.54, 1.807) is 0 Å². The quantitative estimate of drug-likeness (QED) is 0.697. The summed E-state index contributed by atoms with van der Waals surface area (Å²) in [5.41, 5.74) is 0. The summed E-state index contributed by atoms with van der Waals surface area (Å²) in [6.07, 6.45) is 6.11. The van der Waals surface area contributed by atoms with Crippen molar-refractivity contribution in [2.45, 2.75) is 51.2 Å². The molecule has 0 amide bonds. The van der Waals surface area contributed by atoms with Crippen molar-refractivity contribution in [1.29, 1.82) is 0 Å². The van der Waals surface area contributed by atoms with Crippen molar-refractivity contribution in [1.82, 2.24) is 15.3 Å². The third kappa shape index (κ3) is 5.46. The zero-order valence-corrected chi connectivity index (χ0v) is 18.0. The van der Waals surface area contributed by atoms with Crippen LogP contribution in [0.15, 0.2) is 6.07 Å². The molecule has 2 atom stereocenters. The number of morpholine rings is 1. The average Bonchev–Trinajstić information content (AvgIpc) is 3.27. The Morgan fingerprint density at radius 2 is 1.93 bits per heavy atom. The molecule has 3 aliphatic rings. The van der Waals surface area contributed by atoms with Gasteiger partial charge in [0.25, 0.3) is 0 Å². The lowest BCUT2D eigenvalue weighted by atomic mass is 10.0. The van der Waals surface area contributed by atoms with Gasteiger partial charge >= 0.3 is 0 Å². The van der Waals surface area contributed by atoms with Crippen LogP contribution in [-0.4, -0.2) is 73.2 Å². The molecular formula is C20H32N6O2S. The Hall–Kier alpha value is -1.71. The molecule has 160 valence electrons. The molecule has 3 saturated heterocycles. The minimum absolute atomic E-state index is 0.236. The number of ether oxygens (including phenoxy) is 2. The molecular weight excluding hydrogens is 388 g/mol. The minimum atomic E-state index is 0.236. The van der Waals surface area contributed by atoms with Crippen LogP contribution >= 0.6 is 12.2 Å². The molecule has 4 rings (SSSR count). The van der Waals surface area contributed by atoms with Crippen LogP contribution in [0.2, 0.25) is 0 Å². The summed E-state index contributed by atoms with van der Waals surface area (Å²) in [7, 11) is 0. The molecule has 4 heterocycles. The van der Waals surface area contributed by atoms with E-state index in [0.717, 1.165) is 63.9 Å². The lowest BCUT2D eigenvalue weighted by molar-refractivity contribution is 0.114. The third-order valence-corrected chi connectivity index (χ3v) is 6.12. The predicted octanol–water partition coefficient (Wildman–Crippen LogP) is 2.16. The summed E-state index contributed by atoms with van der Waals surface area (Å²) in [6, 6.07) is 2.59. The van der Waals surface area contributed by atoms with Gasteiger partial charge in [-0.05, 0) is 51.2 Å². The standard InChI is InChI=1S/C20H32N6O2S/c1-15-5-2-3-7-26(15)18-13-17(25-8-11-27-12-9-25)22-19(23-18)24-20(29)21-14-16-6-4-10-28-16/h13,15-16H,2-12,14H2,1H3,(H2,21,22,23,24,29)/t15-,16-/m0/s1. The van der Waals surface area contributed by atoms with Crippen molar-refractivity contribution in [3.63, 3.8) is 0 Å². The van der Waals surface area contributed by atoms with Crippen LogP contribution < -0.4 is 20.4 Å². The number of thiocarbonyl (C=S) groups is 1. The van der Waals surface area contributed by atoms with Gasteiger partial charge < -0.3 is 29.9 Å². The maximum Gasteiger partial charge on any atom is 0.232 e. The minimum Gasteiger partial charge on any atom is -0.378 e. The van der Waals surface area contributed by atoms with Gasteiger partial charge in [0.1, 0.15) is 11.6 Å². The summed E-state index contributed by atoms with van der Waals surface area (Å²) in [4.78, 5) is 14.2. The summed E-state index contributed by atoms with van der Waals surface area (Å²) in [5.74, 6) is 2.45. The Morgan fingerprint density at radius 3 is 2.69 bits per heavy atom. The average molecular weight is 421 g/mol. The Kier molecular flexibility index (Phi) is 6.99. The number of hydrogen-bond donors (Lipinski definition) is 2. The SMILES string of the molecule is C[C@H]1CCCCN1c1cc(N2CCOCC2)nc(NC(=S)NC[C@@H]2CCCO2)n1. The van der Waals surface area contributed by atoms with Crippen LogP contribution in [0.5, 0.6) is 0 Å². The molecule has 0 bridgehead atoms. The predicted molar refractivity (Wildman–Crippen MR) is 119 cm³/mol. The fourth-order valence-corrected chi connectivity index (χ4v) is 4.35. The first kappa shape index (κ1) is 20.6. The van der Waals surface area contributed by atoms with Crippen LogP contribution in [0.25, 0.3) is 0 Å². The summed E-state index contributed by atoms with van der Waals surface area (Å²) in [5, 5.41) is 6.98. The smallest absolute Gasteiger partial charge is 0.232 e. The Morgan fingerprint density at radius 1 is 1.10 bits per heavy atom. The van der Waals surface area contributed by atoms with Gasteiger partial charge in [0.15, 0.2) is 5.11 Å². The van der Waals surface area contributed by atoms with Gasteiger partial charge in [-0.1, -0.05) is 0 Å². The molecule has 2 N–H and O–H groups in total. The second-order valence-corrected chi connectivity index (χ2v) is 8.42. The van der Waals surface area contributed by atoms with Crippen LogP contribution in [0.4, 0.5) is 17.6 Å². The number of nitrogens with zero attached hydrogens (tertiary/aromatic N) is 4. The van der Waals surface area contributed by atoms with Crippen molar-refractivity contribution < 1.29 is 9.47 Å². The summed E-state index contributed by atoms with van der Waals surface area (Å²) in [6.45, 7) is 7.99.